The zero-order chi connectivity index (χ0) is 13.8. The van der Waals surface area contributed by atoms with Crippen molar-refractivity contribution in [2.45, 2.75) is 77.8 Å². The second-order valence-corrected chi connectivity index (χ2v) is 7.67. The summed E-state index contributed by atoms with van der Waals surface area (Å²) in [6.45, 7) is 12.5. The first-order chi connectivity index (χ1) is 8.02. The summed E-state index contributed by atoms with van der Waals surface area (Å²) in [5, 5.41) is 0. The van der Waals surface area contributed by atoms with Crippen LogP contribution < -0.4 is 0 Å². The van der Waals surface area contributed by atoms with Crippen LogP contribution in [0.25, 0.3) is 0 Å². The monoisotopic (exact) mass is 252 g/mol. The van der Waals surface area contributed by atoms with Gasteiger partial charge < -0.3 is 9.31 Å². The van der Waals surface area contributed by atoms with Crippen molar-refractivity contribution in [3.05, 3.63) is 0 Å². The smallest absolute Gasteiger partial charge is 0.403 e. The summed E-state index contributed by atoms with van der Waals surface area (Å²) in [6, 6.07) is 0. The molecule has 2 fully saturated rings. The van der Waals surface area contributed by atoms with E-state index < -0.39 is 0 Å². The van der Waals surface area contributed by atoms with Crippen LogP contribution in [0.3, 0.4) is 0 Å². The van der Waals surface area contributed by atoms with Crippen molar-refractivity contribution in [3.8, 4) is 0 Å². The van der Waals surface area contributed by atoms with E-state index in [9.17, 15) is 4.79 Å². The Morgan fingerprint density at radius 2 is 1.56 bits per heavy atom. The van der Waals surface area contributed by atoms with E-state index in [2.05, 4.69) is 41.5 Å². The topological polar surface area (TPSA) is 35.5 Å². The van der Waals surface area contributed by atoms with Gasteiger partial charge in [-0.05, 0) is 39.5 Å². The molecular weight excluding hydrogens is 227 g/mol. The molecule has 0 aromatic rings. The molecule has 1 heterocycles. The van der Waals surface area contributed by atoms with Gasteiger partial charge in [-0.3, -0.25) is 4.79 Å². The molecule has 1 saturated carbocycles. The molecule has 1 aliphatic heterocycles. The maximum Gasteiger partial charge on any atom is 0.461 e. The predicted octanol–water partition coefficient (Wildman–Crippen LogP) is 3.23. The van der Waals surface area contributed by atoms with E-state index in [0.717, 1.165) is 6.42 Å². The van der Waals surface area contributed by atoms with E-state index in [1.165, 1.54) is 0 Å². The van der Waals surface area contributed by atoms with Gasteiger partial charge >= 0.3 is 7.12 Å². The highest BCUT2D eigenvalue weighted by Gasteiger charge is 2.55. The van der Waals surface area contributed by atoms with Crippen molar-refractivity contribution < 1.29 is 14.1 Å². The normalized spacial score (nSPS) is 33.8. The third-order valence-corrected chi connectivity index (χ3v) is 4.64. The fourth-order valence-corrected chi connectivity index (χ4v) is 3.03. The lowest BCUT2D eigenvalue weighted by Gasteiger charge is -2.35. The minimum atomic E-state index is -0.303. The molecule has 0 aromatic carbocycles. The van der Waals surface area contributed by atoms with Crippen molar-refractivity contribution in [1.29, 1.82) is 0 Å². The highest BCUT2D eigenvalue weighted by Crippen LogP contribution is 2.47. The molecule has 3 nitrogen and oxygen atoms in total. The molecular formula is C14H25BO3. The van der Waals surface area contributed by atoms with Crippen LogP contribution >= 0.6 is 0 Å². The number of carbonyl (C=O) groups is 1. The second-order valence-electron chi connectivity index (χ2n) is 7.67. The van der Waals surface area contributed by atoms with E-state index in [4.69, 9.17) is 9.31 Å². The maximum absolute atomic E-state index is 11.9. The van der Waals surface area contributed by atoms with Crippen LogP contribution in [0.5, 0.6) is 0 Å². The first-order valence-electron chi connectivity index (χ1n) is 6.90. The molecule has 2 rings (SSSR count). The number of hydrogen-bond donors (Lipinski definition) is 0. The lowest BCUT2D eigenvalue weighted by molar-refractivity contribution is -0.123. The van der Waals surface area contributed by atoms with Crippen molar-refractivity contribution in [2.24, 2.45) is 5.41 Å². The summed E-state index contributed by atoms with van der Waals surface area (Å²) in [4.78, 5) is 11.9. The molecule has 102 valence electrons. The average molecular weight is 252 g/mol. The number of hydrogen-bond acceptors (Lipinski definition) is 3. The molecule has 0 bridgehead atoms. The molecule has 0 aromatic heterocycles. The van der Waals surface area contributed by atoms with Crippen LogP contribution in [0.2, 0.25) is 5.82 Å². The molecule has 1 unspecified atom stereocenters. The Bertz CT molecular complexity index is 344. The number of rotatable bonds is 1. The lowest BCUT2D eigenvalue weighted by atomic mass is 9.58. The quantitative estimate of drug-likeness (QED) is 0.672. The second kappa shape index (κ2) is 4.07. The van der Waals surface area contributed by atoms with Gasteiger partial charge in [0.05, 0.1) is 11.2 Å². The average Bonchev–Trinajstić information content (AvgIpc) is 2.32. The molecule has 0 amide bonds. The summed E-state index contributed by atoms with van der Waals surface area (Å²) < 4.78 is 12.1. The van der Waals surface area contributed by atoms with E-state index in [1.54, 1.807) is 0 Å². The molecule has 0 radical (unpaired) electrons. The van der Waals surface area contributed by atoms with Gasteiger partial charge in [0, 0.05) is 18.7 Å². The van der Waals surface area contributed by atoms with Gasteiger partial charge in [0.25, 0.3) is 0 Å². The Kier molecular flexibility index (Phi) is 3.18. The molecule has 0 spiro atoms. The fraction of sp³-hybridized carbons (Fsp3) is 0.929. The number of Topliss-reactive ketones (excluding diaryl/α,β-unsaturated/α-hetero) is 1. The summed E-state index contributed by atoms with van der Waals surface area (Å²) >= 11 is 0. The standard InChI is InChI=1S/C14H25BO3/c1-12(2)8-10(7-11(16)9-12)15-17-13(3,4)14(5,6)18-15/h10H,7-9H2,1-6H3. The molecule has 1 saturated heterocycles. The van der Waals surface area contributed by atoms with E-state index in [-0.39, 0.29) is 29.6 Å². The van der Waals surface area contributed by atoms with E-state index >= 15 is 0 Å². The van der Waals surface area contributed by atoms with Crippen molar-refractivity contribution in [2.75, 3.05) is 0 Å². The summed E-state index contributed by atoms with van der Waals surface area (Å²) in [6.07, 6.45) is 2.28. The predicted molar refractivity (Wildman–Crippen MR) is 72.5 cm³/mol. The minimum absolute atomic E-state index is 0.0730. The largest absolute Gasteiger partial charge is 0.461 e. The van der Waals surface area contributed by atoms with Crippen molar-refractivity contribution in [3.63, 3.8) is 0 Å². The number of ketones is 1. The lowest BCUT2D eigenvalue weighted by Crippen LogP contribution is -2.41. The Balaban J connectivity index is 2.12. The van der Waals surface area contributed by atoms with Gasteiger partial charge in [-0.25, -0.2) is 0 Å². The Morgan fingerprint density at radius 3 is 2.00 bits per heavy atom. The van der Waals surface area contributed by atoms with Gasteiger partial charge in [-0.2, -0.15) is 0 Å². The van der Waals surface area contributed by atoms with Gasteiger partial charge in [0.2, 0.25) is 0 Å². The van der Waals surface area contributed by atoms with Crippen molar-refractivity contribution >= 4 is 12.9 Å². The molecule has 18 heavy (non-hydrogen) atoms. The Morgan fingerprint density at radius 1 is 1.06 bits per heavy atom. The van der Waals surface area contributed by atoms with Crippen molar-refractivity contribution in [1.82, 2.24) is 0 Å². The summed E-state index contributed by atoms with van der Waals surface area (Å²) in [5.41, 5.74) is -0.534. The van der Waals surface area contributed by atoms with E-state index in [1.807, 2.05) is 0 Å². The van der Waals surface area contributed by atoms with Crippen LogP contribution in [0.15, 0.2) is 0 Å². The van der Waals surface area contributed by atoms with Crippen LogP contribution in [-0.4, -0.2) is 24.1 Å². The highest BCUT2D eigenvalue weighted by atomic mass is 16.7. The maximum atomic E-state index is 11.9. The van der Waals surface area contributed by atoms with Crippen LogP contribution in [0.4, 0.5) is 0 Å². The van der Waals surface area contributed by atoms with Gasteiger partial charge in [-0.15, -0.1) is 0 Å². The van der Waals surface area contributed by atoms with Crippen LogP contribution in [0.1, 0.15) is 60.8 Å². The van der Waals surface area contributed by atoms with Crippen LogP contribution in [-0.2, 0) is 14.1 Å². The molecule has 0 N–H and O–H groups in total. The molecule has 1 atom stereocenters. The minimum Gasteiger partial charge on any atom is -0.403 e. The first-order valence-corrected chi connectivity index (χ1v) is 6.90. The molecule has 2 aliphatic rings. The Hall–Kier alpha value is -0.345. The number of carbonyl (C=O) groups excluding carboxylic acids is 1. The zero-order valence-corrected chi connectivity index (χ0v) is 12.5. The molecule has 4 heteroatoms. The van der Waals surface area contributed by atoms with Gasteiger partial charge in [0.1, 0.15) is 5.78 Å². The van der Waals surface area contributed by atoms with Crippen LogP contribution in [0, 0.1) is 5.41 Å². The van der Waals surface area contributed by atoms with Gasteiger partial charge in [0.15, 0.2) is 0 Å². The van der Waals surface area contributed by atoms with Gasteiger partial charge in [-0.1, -0.05) is 13.8 Å². The summed E-state index contributed by atoms with van der Waals surface area (Å²) in [5.74, 6) is 0.535. The third kappa shape index (κ3) is 2.50. The third-order valence-electron chi connectivity index (χ3n) is 4.64. The first kappa shape index (κ1) is 14.1. The SMILES string of the molecule is CC1(C)CC(=O)CC(B2OC(C)(C)C(C)(C)O2)C1. The summed E-state index contributed by atoms with van der Waals surface area (Å²) in [7, 11) is -0.237. The molecule has 1 aliphatic carbocycles. The van der Waals surface area contributed by atoms with E-state index in [0.29, 0.717) is 18.6 Å². The Labute approximate surface area is 111 Å². The fourth-order valence-electron chi connectivity index (χ4n) is 3.03. The zero-order valence-electron chi connectivity index (χ0n) is 12.5. The highest BCUT2D eigenvalue weighted by molar-refractivity contribution is 6.48.